The Hall–Kier alpha value is -3.47. The molecule has 3 aromatic carbocycles. The van der Waals surface area contributed by atoms with Gasteiger partial charge in [-0.1, -0.05) is 78.9 Å². The van der Waals surface area contributed by atoms with Crippen molar-refractivity contribution in [3.8, 4) is 0 Å². The lowest BCUT2D eigenvalue weighted by Gasteiger charge is -2.26. The van der Waals surface area contributed by atoms with Gasteiger partial charge in [0.2, 0.25) is 7.29 Å². The average Bonchev–Trinajstić information content (AvgIpc) is 2.92. The Morgan fingerprint density at radius 1 is 0.778 bits per heavy atom. The summed E-state index contributed by atoms with van der Waals surface area (Å²) in [6.45, 7) is 3.72. The fourth-order valence-electron chi connectivity index (χ4n) is 3.78. The van der Waals surface area contributed by atoms with Crippen LogP contribution in [0.5, 0.6) is 0 Å². The highest BCUT2D eigenvalue weighted by Crippen LogP contribution is 2.42. The minimum atomic E-state index is -3.25. The Morgan fingerprint density at radius 2 is 1.22 bits per heavy atom. The fraction of sp³-hybridized carbons (Fsp3) is 0.241. The second-order valence-electron chi connectivity index (χ2n) is 8.02. The van der Waals surface area contributed by atoms with Crippen LogP contribution in [-0.2, 0) is 23.6 Å². The Morgan fingerprint density at radius 3 is 1.67 bits per heavy atom. The highest BCUT2D eigenvalue weighted by atomic mass is 31.2. The van der Waals surface area contributed by atoms with Crippen LogP contribution in [0.4, 0.5) is 0 Å². The molecular formula is C29H32NO5P. The summed E-state index contributed by atoms with van der Waals surface area (Å²) >= 11 is 0. The second kappa shape index (κ2) is 13.6. The van der Waals surface area contributed by atoms with Crippen molar-refractivity contribution in [3.05, 3.63) is 109 Å². The molecule has 6 nitrogen and oxygen atoms in total. The third-order valence-electron chi connectivity index (χ3n) is 5.56. The molecule has 0 fully saturated rings. The number of benzene rings is 3. The van der Waals surface area contributed by atoms with Gasteiger partial charge in [0.15, 0.2) is 5.92 Å². The van der Waals surface area contributed by atoms with E-state index in [0.717, 1.165) is 5.56 Å². The van der Waals surface area contributed by atoms with Gasteiger partial charge in [-0.05, 0) is 50.1 Å². The van der Waals surface area contributed by atoms with Crippen molar-refractivity contribution < 1.29 is 23.6 Å². The molecule has 0 saturated heterocycles. The maximum absolute atomic E-state index is 14.6. The Balaban J connectivity index is 1.96. The zero-order chi connectivity index (χ0) is 25.8. The molecule has 0 spiro atoms. The molecular weight excluding hydrogens is 473 g/mol. The zero-order valence-electron chi connectivity index (χ0n) is 20.6. The van der Waals surface area contributed by atoms with Crippen LogP contribution in [0.25, 0.3) is 0 Å². The first kappa shape index (κ1) is 27.1. The van der Waals surface area contributed by atoms with E-state index >= 15 is 0 Å². The predicted octanol–water partition coefficient (Wildman–Crippen LogP) is 4.94. The van der Waals surface area contributed by atoms with Gasteiger partial charge in [-0.3, -0.25) is 14.2 Å². The normalized spacial score (nSPS) is 12.4. The maximum Gasteiger partial charge on any atom is 0.320 e. The van der Waals surface area contributed by atoms with Gasteiger partial charge in [0.1, 0.15) is 0 Å². The maximum atomic E-state index is 14.6. The van der Waals surface area contributed by atoms with Crippen LogP contribution < -0.4 is 15.7 Å². The topological polar surface area (TPSA) is 81.7 Å². The molecule has 0 saturated carbocycles. The Kier molecular flexibility index (Phi) is 10.2. The zero-order valence-corrected chi connectivity index (χ0v) is 21.5. The van der Waals surface area contributed by atoms with Crippen molar-refractivity contribution >= 4 is 29.8 Å². The molecule has 36 heavy (non-hydrogen) atoms. The minimum absolute atomic E-state index is 0.101. The molecule has 0 bridgehead atoms. The van der Waals surface area contributed by atoms with E-state index in [1.807, 2.05) is 97.1 Å². The van der Waals surface area contributed by atoms with E-state index in [-0.39, 0.29) is 19.6 Å². The predicted molar refractivity (Wildman–Crippen MR) is 143 cm³/mol. The lowest BCUT2D eigenvalue weighted by atomic mass is 10.0. The molecule has 0 aliphatic carbocycles. The van der Waals surface area contributed by atoms with Crippen molar-refractivity contribution in [2.24, 2.45) is 5.92 Å². The number of ether oxygens (including phenoxy) is 2. The van der Waals surface area contributed by atoms with E-state index in [9.17, 15) is 14.2 Å². The molecule has 0 amide bonds. The van der Waals surface area contributed by atoms with E-state index in [2.05, 4.69) is 5.09 Å². The lowest BCUT2D eigenvalue weighted by Crippen LogP contribution is -2.30. The molecule has 1 atom stereocenters. The van der Waals surface area contributed by atoms with Gasteiger partial charge < -0.3 is 9.47 Å². The summed E-state index contributed by atoms with van der Waals surface area (Å²) in [6.07, 6.45) is 3.67. The average molecular weight is 506 g/mol. The highest BCUT2D eigenvalue weighted by Gasteiger charge is 2.31. The summed E-state index contributed by atoms with van der Waals surface area (Å²) in [6, 6.07) is 27.8. The molecule has 188 valence electrons. The van der Waals surface area contributed by atoms with Crippen molar-refractivity contribution in [2.75, 3.05) is 13.2 Å². The molecule has 1 N–H and O–H groups in total. The van der Waals surface area contributed by atoms with Crippen LogP contribution in [0.1, 0.15) is 31.9 Å². The van der Waals surface area contributed by atoms with Crippen LogP contribution in [0.3, 0.4) is 0 Å². The fourth-order valence-corrected chi connectivity index (χ4v) is 6.19. The Labute approximate surface area is 212 Å². The monoisotopic (exact) mass is 505 g/mol. The minimum Gasteiger partial charge on any atom is -0.465 e. The number of carbonyl (C=O) groups is 2. The highest BCUT2D eigenvalue weighted by molar-refractivity contribution is 7.76. The van der Waals surface area contributed by atoms with Crippen LogP contribution >= 0.6 is 7.29 Å². The summed E-state index contributed by atoms with van der Waals surface area (Å²) < 4.78 is 24.7. The number of esters is 2. The number of hydrogen-bond acceptors (Lipinski definition) is 5. The van der Waals surface area contributed by atoms with Gasteiger partial charge in [0.25, 0.3) is 0 Å². The lowest BCUT2D eigenvalue weighted by molar-refractivity contribution is -0.161. The first-order valence-corrected chi connectivity index (χ1v) is 13.7. The largest absolute Gasteiger partial charge is 0.465 e. The summed E-state index contributed by atoms with van der Waals surface area (Å²) in [4.78, 5) is 24.8. The molecule has 0 aliphatic heterocycles. The SMILES string of the molecule is CCOC(=O)C(C/C=C/C(NP(=O)(c1ccccc1)c1ccccc1)c1ccccc1)C(=O)OCC. The molecule has 0 radical (unpaired) electrons. The number of carbonyl (C=O) groups excluding carboxylic acids is 2. The van der Waals surface area contributed by atoms with Gasteiger partial charge in [-0.2, -0.15) is 0 Å². The number of rotatable bonds is 12. The molecule has 3 aromatic rings. The molecule has 3 rings (SSSR count). The molecule has 7 heteroatoms. The third-order valence-corrected chi connectivity index (χ3v) is 8.25. The number of hydrogen-bond donors (Lipinski definition) is 1. The van der Waals surface area contributed by atoms with Gasteiger partial charge >= 0.3 is 11.9 Å². The quantitative estimate of drug-likeness (QED) is 0.163. The summed E-state index contributed by atoms with van der Waals surface area (Å²) in [5.41, 5.74) is 0.893. The van der Waals surface area contributed by atoms with Crippen LogP contribution in [0.2, 0.25) is 0 Å². The van der Waals surface area contributed by atoms with E-state index in [1.165, 1.54) is 0 Å². The molecule has 0 heterocycles. The smallest absolute Gasteiger partial charge is 0.320 e. The summed E-state index contributed by atoms with van der Waals surface area (Å²) in [7, 11) is -3.25. The van der Waals surface area contributed by atoms with E-state index in [1.54, 1.807) is 19.9 Å². The first-order valence-electron chi connectivity index (χ1n) is 12.0. The van der Waals surface area contributed by atoms with Crippen molar-refractivity contribution in [2.45, 2.75) is 26.3 Å². The van der Waals surface area contributed by atoms with Crippen LogP contribution in [0, 0.1) is 5.92 Å². The van der Waals surface area contributed by atoms with E-state index in [4.69, 9.17) is 9.47 Å². The van der Waals surface area contributed by atoms with Crippen molar-refractivity contribution in [3.63, 3.8) is 0 Å². The van der Waals surface area contributed by atoms with Gasteiger partial charge in [-0.15, -0.1) is 0 Å². The second-order valence-corrected chi connectivity index (χ2v) is 10.5. The number of nitrogens with one attached hydrogen (secondary N) is 1. The molecule has 1 unspecified atom stereocenters. The van der Waals surface area contributed by atoms with E-state index in [0.29, 0.717) is 10.6 Å². The van der Waals surface area contributed by atoms with Gasteiger partial charge in [0, 0.05) is 10.6 Å². The standard InChI is InChI=1S/C29H32NO5P/c1-3-34-28(31)26(29(32)35-4-2)21-14-22-27(23-15-8-5-9-16-23)30-36(33,24-17-10-6-11-18-24)25-19-12-7-13-20-25/h5-20,22,26-27H,3-4,21H2,1-2H3,(H,30,33)/b22-14+. The van der Waals surface area contributed by atoms with Gasteiger partial charge in [0.05, 0.1) is 19.3 Å². The summed E-state index contributed by atoms with van der Waals surface area (Å²) in [5.74, 6) is -2.30. The van der Waals surface area contributed by atoms with Crippen LogP contribution in [0.15, 0.2) is 103 Å². The van der Waals surface area contributed by atoms with Crippen molar-refractivity contribution in [1.82, 2.24) is 5.09 Å². The van der Waals surface area contributed by atoms with Crippen molar-refractivity contribution in [1.29, 1.82) is 0 Å². The Bertz CT molecular complexity index is 1120. The number of allylic oxidation sites excluding steroid dienone is 1. The summed E-state index contributed by atoms with van der Waals surface area (Å²) in [5, 5.41) is 4.76. The third kappa shape index (κ3) is 7.03. The first-order chi connectivity index (χ1) is 17.5. The molecule has 0 aromatic heterocycles. The van der Waals surface area contributed by atoms with E-state index < -0.39 is 31.2 Å². The van der Waals surface area contributed by atoms with Crippen LogP contribution in [-0.4, -0.2) is 25.2 Å². The van der Waals surface area contributed by atoms with Gasteiger partial charge in [-0.25, -0.2) is 5.09 Å². The molecule has 0 aliphatic rings.